The van der Waals surface area contributed by atoms with Crippen molar-refractivity contribution in [2.45, 2.75) is 71.3 Å². The van der Waals surface area contributed by atoms with E-state index >= 15 is 0 Å². The Hall–Kier alpha value is -1.18. The Labute approximate surface area is 142 Å². The van der Waals surface area contributed by atoms with E-state index < -0.39 is 0 Å². The normalized spacial score (nSPS) is 27.4. The number of rotatable bonds is 6. The predicted octanol–water partition coefficient (Wildman–Crippen LogP) is 5.69. The summed E-state index contributed by atoms with van der Waals surface area (Å²) < 4.78 is 0. The van der Waals surface area contributed by atoms with E-state index in [9.17, 15) is 0 Å². The van der Waals surface area contributed by atoms with Gasteiger partial charge in [-0.2, -0.15) is 0 Å². The van der Waals surface area contributed by atoms with Crippen molar-refractivity contribution in [2.24, 2.45) is 11.8 Å². The smallest absolute Gasteiger partial charge is 0.0605 e. The van der Waals surface area contributed by atoms with Gasteiger partial charge in [-0.15, -0.1) is 0 Å². The summed E-state index contributed by atoms with van der Waals surface area (Å²) in [6.45, 7) is 7.00. The molecule has 0 radical (unpaired) electrons. The minimum Gasteiger partial charge on any atom is -0.381 e. The van der Waals surface area contributed by atoms with Gasteiger partial charge in [-0.1, -0.05) is 58.1 Å². The van der Waals surface area contributed by atoms with E-state index in [1.807, 2.05) is 0 Å². The molecule has 0 spiro atoms. The first-order valence-electron chi connectivity index (χ1n) is 9.91. The third-order valence-corrected chi connectivity index (χ3v) is 6.04. The molecular weight excluding hydrogens is 280 g/mol. The summed E-state index contributed by atoms with van der Waals surface area (Å²) in [7, 11) is 0. The van der Waals surface area contributed by atoms with Gasteiger partial charge in [-0.05, 0) is 43.2 Å². The van der Waals surface area contributed by atoms with E-state index in [1.165, 1.54) is 69.3 Å². The van der Waals surface area contributed by atoms with Crippen LogP contribution in [0.5, 0.6) is 0 Å². The largest absolute Gasteiger partial charge is 0.381 e. The van der Waals surface area contributed by atoms with Crippen LogP contribution in [0, 0.1) is 11.8 Å². The number of anilines is 2. The Kier molecular flexibility index (Phi) is 5.85. The number of nitrogens with one attached hydrogen (secondary N) is 1. The van der Waals surface area contributed by atoms with Crippen molar-refractivity contribution in [1.82, 2.24) is 0 Å². The van der Waals surface area contributed by atoms with Gasteiger partial charge < -0.3 is 10.2 Å². The molecule has 2 heteroatoms. The van der Waals surface area contributed by atoms with Gasteiger partial charge in [0.25, 0.3) is 0 Å². The fraction of sp³-hybridized carbons (Fsp3) is 0.714. The van der Waals surface area contributed by atoms with Crippen molar-refractivity contribution in [1.29, 1.82) is 0 Å². The third kappa shape index (κ3) is 4.02. The minimum atomic E-state index is 0.655. The Balaban J connectivity index is 1.60. The zero-order valence-corrected chi connectivity index (χ0v) is 15.1. The summed E-state index contributed by atoms with van der Waals surface area (Å²) in [5.41, 5.74) is 2.76. The zero-order chi connectivity index (χ0) is 16.1. The molecule has 1 N–H and O–H groups in total. The molecule has 1 aliphatic carbocycles. The van der Waals surface area contributed by atoms with Gasteiger partial charge in [0.1, 0.15) is 0 Å². The van der Waals surface area contributed by atoms with Gasteiger partial charge in [0.05, 0.1) is 11.4 Å². The van der Waals surface area contributed by atoms with Gasteiger partial charge in [0, 0.05) is 19.1 Å². The molecule has 1 atom stereocenters. The quantitative estimate of drug-likeness (QED) is 0.725. The molecule has 1 aromatic rings. The second kappa shape index (κ2) is 8.08. The second-order valence-electron chi connectivity index (χ2n) is 7.64. The maximum atomic E-state index is 3.62. The summed E-state index contributed by atoms with van der Waals surface area (Å²) in [4.78, 5) is 2.71. The Morgan fingerprint density at radius 1 is 1.04 bits per heavy atom. The Morgan fingerprint density at radius 3 is 2.52 bits per heavy atom. The summed E-state index contributed by atoms with van der Waals surface area (Å²) in [6.07, 6.45) is 11.3. The second-order valence-corrected chi connectivity index (χ2v) is 7.64. The number of nitrogens with zero attached hydrogens (tertiary/aromatic N) is 1. The van der Waals surface area contributed by atoms with Gasteiger partial charge in [-0.25, -0.2) is 0 Å². The molecule has 1 aromatic carbocycles. The van der Waals surface area contributed by atoms with E-state index in [0.29, 0.717) is 6.04 Å². The molecule has 0 aromatic heterocycles. The lowest BCUT2D eigenvalue weighted by molar-refractivity contribution is 0.257. The highest BCUT2D eigenvalue weighted by molar-refractivity contribution is 5.72. The summed E-state index contributed by atoms with van der Waals surface area (Å²) in [5.74, 6) is 1.91. The number of hydrogen-bond acceptors (Lipinski definition) is 2. The maximum Gasteiger partial charge on any atom is 0.0605 e. The van der Waals surface area contributed by atoms with Crippen LogP contribution in [0.4, 0.5) is 11.4 Å². The summed E-state index contributed by atoms with van der Waals surface area (Å²) in [6, 6.07) is 9.53. The van der Waals surface area contributed by atoms with E-state index in [-0.39, 0.29) is 0 Å². The molecule has 0 amide bonds. The van der Waals surface area contributed by atoms with Crippen LogP contribution in [0.1, 0.15) is 65.2 Å². The number of para-hydroxylation sites is 2. The highest BCUT2D eigenvalue weighted by Gasteiger charge is 2.28. The van der Waals surface area contributed by atoms with Crippen LogP contribution in [-0.2, 0) is 0 Å². The highest BCUT2D eigenvalue weighted by atomic mass is 15.2. The minimum absolute atomic E-state index is 0.655. The molecule has 1 aliphatic heterocycles. The van der Waals surface area contributed by atoms with Crippen LogP contribution in [0.25, 0.3) is 0 Å². The van der Waals surface area contributed by atoms with E-state index in [1.54, 1.807) is 0 Å². The number of benzene rings is 1. The molecular formula is C21H34N2. The molecule has 2 nitrogen and oxygen atoms in total. The first-order chi connectivity index (χ1) is 11.3. The fourth-order valence-electron chi connectivity index (χ4n) is 4.49. The van der Waals surface area contributed by atoms with Crippen molar-refractivity contribution >= 4 is 11.4 Å². The van der Waals surface area contributed by atoms with Gasteiger partial charge in [0.2, 0.25) is 0 Å². The predicted molar refractivity (Wildman–Crippen MR) is 101 cm³/mol. The third-order valence-electron chi connectivity index (χ3n) is 6.04. The molecule has 0 bridgehead atoms. The Bertz CT molecular complexity index is 476. The van der Waals surface area contributed by atoms with E-state index in [4.69, 9.17) is 0 Å². The molecule has 1 saturated carbocycles. The SMILES string of the molecule is CCCCC1CCC(CN2c3ccccc3NCC2CC)CC1. The molecule has 23 heavy (non-hydrogen) atoms. The van der Waals surface area contributed by atoms with Crippen LogP contribution in [0.2, 0.25) is 0 Å². The highest BCUT2D eigenvalue weighted by Crippen LogP contribution is 2.37. The molecule has 1 fully saturated rings. The molecule has 1 heterocycles. The van der Waals surface area contributed by atoms with Crippen LogP contribution in [-0.4, -0.2) is 19.1 Å². The number of unbranched alkanes of at least 4 members (excludes halogenated alkanes) is 1. The van der Waals surface area contributed by atoms with Crippen LogP contribution in [0.3, 0.4) is 0 Å². The van der Waals surface area contributed by atoms with Gasteiger partial charge in [0.15, 0.2) is 0 Å². The zero-order valence-electron chi connectivity index (χ0n) is 15.1. The number of fused-ring (bicyclic) bond motifs is 1. The maximum absolute atomic E-state index is 3.62. The van der Waals surface area contributed by atoms with Crippen LogP contribution < -0.4 is 10.2 Å². The standard InChI is InChI=1S/C21H34N2/c1-3-5-8-17-11-13-18(14-12-17)16-23-19(4-2)15-22-20-9-6-7-10-21(20)23/h6-7,9-10,17-19,22H,3-5,8,11-16H2,1-2H3. The van der Waals surface area contributed by atoms with Crippen LogP contribution in [0.15, 0.2) is 24.3 Å². The fourth-order valence-corrected chi connectivity index (χ4v) is 4.49. The van der Waals surface area contributed by atoms with E-state index in [0.717, 1.165) is 18.4 Å². The average Bonchev–Trinajstić information content (AvgIpc) is 2.61. The first-order valence-corrected chi connectivity index (χ1v) is 9.91. The topological polar surface area (TPSA) is 15.3 Å². The van der Waals surface area contributed by atoms with E-state index in [2.05, 4.69) is 48.3 Å². The van der Waals surface area contributed by atoms with Crippen LogP contribution >= 0.6 is 0 Å². The van der Waals surface area contributed by atoms with Crippen molar-refractivity contribution in [2.75, 3.05) is 23.3 Å². The molecule has 2 aliphatic rings. The van der Waals surface area contributed by atoms with Crippen molar-refractivity contribution in [3.8, 4) is 0 Å². The molecule has 128 valence electrons. The van der Waals surface area contributed by atoms with Gasteiger partial charge >= 0.3 is 0 Å². The van der Waals surface area contributed by atoms with Gasteiger partial charge in [-0.3, -0.25) is 0 Å². The lowest BCUT2D eigenvalue weighted by Crippen LogP contribution is -2.46. The molecule has 1 unspecified atom stereocenters. The lowest BCUT2D eigenvalue weighted by atomic mass is 9.79. The molecule has 3 rings (SSSR count). The van der Waals surface area contributed by atoms with Crippen molar-refractivity contribution < 1.29 is 0 Å². The van der Waals surface area contributed by atoms with Crippen molar-refractivity contribution in [3.63, 3.8) is 0 Å². The average molecular weight is 315 g/mol. The summed E-state index contributed by atoms with van der Waals surface area (Å²) >= 11 is 0. The Morgan fingerprint density at radius 2 is 1.78 bits per heavy atom. The molecule has 0 saturated heterocycles. The van der Waals surface area contributed by atoms with Crippen molar-refractivity contribution in [3.05, 3.63) is 24.3 Å². The summed E-state index contributed by atoms with van der Waals surface area (Å²) in [5, 5.41) is 3.62. The monoisotopic (exact) mass is 314 g/mol. The first kappa shape index (κ1) is 16.7. The number of hydrogen-bond donors (Lipinski definition) is 1. The lowest BCUT2D eigenvalue weighted by Gasteiger charge is -2.42.